The van der Waals surface area contributed by atoms with Gasteiger partial charge in [-0.1, -0.05) is 60.7 Å². The summed E-state index contributed by atoms with van der Waals surface area (Å²) in [6.07, 6.45) is -0.861. The predicted octanol–water partition coefficient (Wildman–Crippen LogP) is 4.48. The minimum Gasteiger partial charge on any atom is -0.459 e. The number of carbonyl (C=O) groups excluding carboxylic acids is 3. The molecule has 38 heavy (non-hydrogen) atoms. The lowest BCUT2D eigenvalue weighted by atomic mass is 9.95. The fraction of sp³-hybridized carbons (Fsp3) is 0.276. The highest BCUT2D eigenvalue weighted by Gasteiger charge is 2.26. The van der Waals surface area contributed by atoms with E-state index in [0.717, 1.165) is 17.2 Å². The highest BCUT2D eigenvalue weighted by atomic mass is 19.1. The molecule has 0 radical (unpaired) electrons. The van der Waals surface area contributed by atoms with Gasteiger partial charge in [-0.15, -0.1) is 0 Å². The normalized spacial score (nSPS) is 11.8. The Labute approximate surface area is 221 Å². The lowest BCUT2D eigenvalue weighted by Crippen LogP contribution is -2.49. The molecule has 0 aliphatic rings. The second kappa shape index (κ2) is 13.3. The van der Waals surface area contributed by atoms with Gasteiger partial charge in [0.2, 0.25) is 0 Å². The third kappa shape index (κ3) is 8.41. The van der Waals surface area contributed by atoms with Crippen molar-refractivity contribution in [2.45, 2.75) is 38.7 Å². The van der Waals surface area contributed by atoms with Crippen LogP contribution in [0.4, 0.5) is 9.18 Å². The SMILES string of the molecule is COC(C)(C)c1cc(F)cc(C(=O)NC[C@@H](NC(=O)OCc2ccccc2)C(=O)OCc2ccccc2)c1. The fourth-order valence-corrected chi connectivity index (χ4v) is 3.41. The zero-order valence-electron chi connectivity index (χ0n) is 21.5. The molecule has 9 heteroatoms. The molecule has 3 rings (SSSR count). The summed E-state index contributed by atoms with van der Waals surface area (Å²) in [6, 6.07) is 20.7. The summed E-state index contributed by atoms with van der Waals surface area (Å²) in [5.74, 6) is -2.02. The van der Waals surface area contributed by atoms with Crippen molar-refractivity contribution in [3.8, 4) is 0 Å². The van der Waals surface area contributed by atoms with Crippen LogP contribution < -0.4 is 10.6 Å². The molecule has 3 aromatic carbocycles. The van der Waals surface area contributed by atoms with Gasteiger partial charge in [0.1, 0.15) is 25.1 Å². The Bertz CT molecular complexity index is 1230. The maximum absolute atomic E-state index is 14.3. The topological polar surface area (TPSA) is 103 Å². The Balaban J connectivity index is 1.68. The van der Waals surface area contributed by atoms with Gasteiger partial charge in [0, 0.05) is 19.2 Å². The summed E-state index contributed by atoms with van der Waals surface area (Å²) in [5, 5.41) is 5.01. The summed E-state index contributed by atoms with van der Waals surface area (Å²) in [6.45, 7) is 3.14. The Kier molecular flexibility index (Phi) is 9.95. The smallest absolute Gasteiger partial charge is 0.408 e. The van der Waals surface area contributed by atoms with Crippen LogP contribution in [-0.2, 0) is 37.8 Å². The van der Waals surface area contributed by atoms with E-state index in [0.29, 0.717) is 5.56 Å². The number of methoxy groups -OCH3 is 1. The van der Waals surface area contributed by atoms with E-state index in [2.05, 4.69) is 10.6 Å². The lowest BCUT2D eigenvalue weighted by molar-refractivity contribution is -0.147. The van der Waals surface area contributed by atoms with Crippen LogP contribution in [0.2, 0.25) is 0 Å². The van der Waals surface area contributed by atoms with Gasteiger partial charge in [0.05, 0.1) is 5.60 Å². The molecular weight excluding hydrogens is 491 g/mol. The Morgan fingerprint density at radius 1 is 0.868 bits per heavy atom. The molecular formula is C29H31FN2O6. The molecule has 0 saturated heterocycles. The summed E-state index contributed by atoms with van der Waals surface area (Å²) in [4.78, 5) is 38.1. The van der Waals surface area contributed by atoms with Crippen LogP contribution in [0.1, 0.15) is 40.9 Å². The summed E-state index contributed by atoms with van der Waals surface area (Å²) < 4.78 is 30.2. The average Bonchev–Trinajstić information content (AvgIpc) is 2.93. The molecule has 3 aromatic rings. The monoisotopic (exact) mass is 522 g/mol. The van der Waals surface area contributed by atoms with Crippen molar-refractivity contribution in [3.63, 3.8) is 0 Å². The van der Waals surface area contributed by atoms with E-state index in [9.17, 15) is 18.8 Å². The molecule has 2 N–H and O–H groups in total. The first-order chi connectivity index (χ1) is 18.2. The molecule has 0 saturated carbocycles. The van der Waals surface area contributed by atoms with Crippen molar-refractivity contribution >= 4 is 18.0 Å². The van der Waals surface area contributed by atoms with Crippen molar-refractivity contribution in [2.75, 3.05) is 13.7 Å². The van der Waals surface area contributed by atoms with Crippen molar-refractivity contribution < 1.29 is 33.0 Å². The number of alkyl carbamates (subject to hydrolysis) is 1. The second-order valence-corrected chi connectivity index (χ2v) is 9.01. The van der Waals surface area contributed by atoms with Gasteiger partial charge < -0.3 is 24.8 Å². The number of rotatable bonds is 11. The number of hydrogen-bond acceptors (Lipinski definition) is 6. The standard InChI is InChI=1S/C29H31FN2O6/c1-29(2,36-3)23-14-22(15-24(30)16-23)26(33)31-17-25(27(34)37-18-20-10-6-4-7-11-20)32-28(35)38-19-21-12-8-5-9-13-21/h4-16,25H,17-19H2,1-3H3,(H,31,33)(H,32,35)/t25-/m1/s1. The number of ether oxygens (including phenoxy) is 3. The molecule has 2 amide bonds. The number of esters is 1. The van der Waals surface area contributed by atoms with Gasteiger partial charge in [-0.3, -0.25) is 4.79 Å². The van der Waals surface area contributed by atoms with Gasteiger partial charge in [-0.2, -0.15) is 0 Å². The predicted molar refractivity (Wildman–Crippen MR) is 139 cm³/mol. The highest BCUT2D eigenvalue weighted by molar-refractivity contribution is 5.95. The molecule has 0 bridgehead atoms. The van der Waals surface area contributed by atoms with Crippen molar-refractivity contribution in [2.24, 2.45) is 0 Å². The zero-order valence-corrected chi connectivity index (χ0v) is 21.5. The number of nitrogens with one attached hydrogen (secondary N) is 2. The molecule has 0 heterocycles. The zero-order chi connectivity index (χ0) is 27.5. The lowest BCUT2D eigenvalue weighted by Gasteiger charge is -2.24. The van der Waals surface area contributed by atoms with Gasteiger partial charge in [0.25, 0.3) is 5.91 Å². The first-order valence-corrected chi connectivity index (χ1v) is 12.0. The van der Waals surface area contributed by atoms with Crippen LogP contribution in [0.5, 0.6) is 0 Å². The van der Waals surface area contributed by atoms with E-state index in [1.165, 1.54) is 19.2 Å². The summed E-state index contributed by atoms with van der Waals surface area (Å²) >= 11 is 0. The van der Waals surface area contributed by atoms with Crippen molar-refractivity contribution in [3.05, 3.63) is 107 Å². The number of carbonyl (C=O) groups is 3. The van der Waals surface area contributed by atoms with E-state index in [4.69, 9.17) is 14.2 Å². The minimum absolute atomic E-state index is 0.00777. The number of benzene rings is 3. The van der Waals surface area contributed by atoms with E-state index < -0.39 is 35.4 Å². The molecule has 0 aromatic heterocycles. The summed E-state index contributed by atoms with van der Waals surface area (Å²) in [7, 11) is 1.48. The Morgan fingerprint density at radius 3 is 2.03 bits per heavy atom. The molecule has 0 unspecified atom stereocenters. The third-order valence-electron chi connectivity index (χ3n) is 5.85. The van der Waals surface area contributed by atoms with E-state index >= 15 is 0 Å². The first-order valence-electron chi connectivity index (χ1n) is 12.0. The molecule has 0 aliphatic heterocycles. The van der Waals surface area contributed by atoms with Crippen molar-refractivity contribution in [1.82, 2.24) is 10.6 Å². The van der Waals surface area contributed by atoms with Gasteiger partial charge >= 0.3 is 12.1 Å². The summed E-state index contributed by atoms with van der Waals surface area (Å²) in [5.41, 5.74) is 1.19. The molecule has 8 nitrogen and oxygen atoms in total. The molecule has 200 valence electrons. The number of amides is 2. The fourth-order valence-electron chi connectivity index (χ4n) is 3.41. The van der Waals surface area contributed by atoms with Gasteiger partial charge in [-0.25, -0.2) is 14.0 Å². The third-order valence-corrected chi connectivity index (χ3v) is 5.85. The van der Waals surface area contributed by atoms with Crippen LogP contribution in [0.15, 0.2) is 78.9 Å². The largest absolute Gasteiger partial charge is 0.459 e. The second-order valence-electron chi connectivity index (χ2n) is 9.01. The highest BCUT2D eigenvalue weighted by Crippen LogP contribution is 2.25. The van der Waals surface area contributed by atoms with Crippen LogP contribution in [0.3, 0.4) is 0 Å². The van der Waals surface area contributed by atoms with E-state index in [-0.39, 0.29) is 25.3 Å². The molecule has 0 fully saturated rings. The number of hydrogen-bond donors (Lipinski definition) is 2. The molecule has 0 spiro atoms. The first kappa shape index (κ1) is 28.3. The van der Waals surface area contributed by atoms with Crippen molar-refractivity contribution in [1.29, 1.82) is 0 Å². The Hall–Kier alpha value is -4.24. The van der Waals surface area contributed by atoms with Crippen LogP contribution in [-0.4, -0.2) is 37.7 Å². The van der Waals surface area contributed by atoms with Gasteiger partial charge in [-0.05, 0) is 48.7 Å². The van der Waals surface area contributed by atoms with Crippen LogP contribution >= 0.6 is 0 Å². The van der Waals surface area contributed by atoms with E-state index in [1.54, 1.807) is 50.2 Å². The minimum atomic E-state index is -1.26. The average molecular weight is 523 g/mol. The quantitative estimate of drug-likeness (QED) is 0.360. The molecule has 0 aliphatic carbocycles. The van der Waals surface area contributed by atoms with Crippen LogP contribution in [0, 0.1) is 5.82 Å². The Morgan fingerprint density at radius 2 is 1.45 bits per heavy atom. The van der Waals surface area contributed by atoms with Crippen LogP contribution in [0.25, 0.3) is 0 Å². The maximum Gasteiger partial charge on any atom is 0.408 e. The maximum atomic E-state index is 14.3. The molecule has 1 atom stereocenters. The number of halogens is 1. The van der Waals surface area contributed by atoms with Gasteiger partial charge in [0.15, 0.2) is 0 Å². The van der Waals surface area contributed by atoms with E-state index in [1.807, 2.05) is 24.3 Å².